The number of halogens is 4. The van der Waals surface area contributed by atoms with Crippen molar-refractivity contribution in [3.63, 3.8) is 0 Å². The molecule has 5 nitrogen and oxygen atoms in total. The fraction of sp³-hybridized carbons (Fsp3) is 0.0870. The summed E-state index contributed by atoms with van der Waals surface area (Å²) in [6, 6.07) is 17.0. The standard InChI is InChI=1S/C23H18Cl4N4O/c1-13(19-11-16(24)5-9-21(19)26)28-30-18-7-3-15(4-8-18)23(32)31-29-14(2)20-12-17(25)6-10-22(20)27/h3-12,30H,1-2H3,(H,31,32). The van der Waals surface area contributed by atoms with Crippen LogP contribution in [0, 0.1) is 0 Å². The van der Waals surface area contributed by atoms with Crippen molar-refractivity contribution in [3.05, 3.63) is 97.4 Å². The Hall–Kier alpha value is -2.57. The molecule has 9 heteroatoms. The monoisotopic (exact) mass is 506 g/mol. The van der Waals surface area contributed by atoms with E-state index in [-0.39, 0.29) is 5.91 Å². The summed E-state index contributed by atoms with van der Waals surface area (Å²) in [6.45, 7) is 3.55. The minimum atomic E-state index is -0.362. The average molecular weight is 508 g/mol. The van der Waals surface area contributed by atoms with Gasteiger partial charge in [0.25, 0.3) is 5.91 Å². The van der Waals surface area contributed by atoms with Crippen molar-refractivity contribution in [2.75, 3.05) is 5.43 Å². The largest absolute Gasteiger partial charge is 0.278 e. The lowest BCUT2D eigenvalue weighted by molar-refractivity contribution is 0.0955. The second kappa shape index (κ2) is 10.8. The van der Waals surface area contributed by atoms with Crippen LogP contribution in [0.25, 0.3) is 0 Å². The number of nitrogens with one attached hydrogen (secondary N) is 2. The summed E-state index contributed by atoms with van der Waals surface area (Å²) >= 11 is 24.4. The molecule has 3 aromatic rings. The normalized spacial score (nSPS) is 11.9. The van der Waals surface area contributed by atoms with Gasteiger partial charge in [-0.05, 0) is 74.5 Å². The van der Waals surface area contributed by atoms with Crippen LogP contribution in [0.1, 0.15) is 35.3 Å². The molecule has 3 rings (SSSR count). The molecule has 0 aromatic heterocycles. The van der Waals surface area contributed by atoms with Gasteiger partial charge in [0.15, 0.2) is 0 Å². The van der Waals surface area contributed by atoms with Gasteiger partial charge in [-0.2, -0.15) is 10.2 Å². The summed E-state index contributed by atoms with van der Waals surface area (Å²) < 4.78 is 0. The molecule has 1 amide bonds. The van der Waals surface area contributed by atoms with Crippen LogP contribution in [0.2, 0.25) is 20.1 Å². The number of rotatable bonds is 6. The van der Waals surface area contributed by atoms with Gasteiger partial charge >= 0.3 is 0 Å². The zero-order chi connectivity index (χ0) is 23.3. The average Bonchev–Trinajstić information content (AvgIpc) is 2.79. The van der Waals surface area contributed by atoms with Crippen molar-refractivity contribution in [2.45, 2.75) is 13.8 Å². The number of carbonyl (C=O) groups excluding carboxylic acids is 1. The van der Waals surface area contributed by atoms with Gasteiger partial charge in [-0.25, -0.2) is 5.43 Å². The zero-order valence-electron chi connectivity index (χ0n) is 17.1. The molecule has 164 valence electrons. The van der Waals surface area contributed by atoms with Gasteiger partial charge in [-0.3, -0.25) is 10.2 Å². The summed E-state index contributed by atoms with van der Waals surface area (Å²) in [7, 11) is 0. The summed E-state index contributed by atoms with van der Waals surface area (Å²) in [5.74, 6) is -0.362. The third-order valence-electron chi connectivity index (χ3n) is 4.46. The van der Waals surface area contributed by atoms with Gasteiger partial charge in [0, 0.05) is 36.8 Å². The van der Waals surface area contributed by atoms with Crippen molar-refractivity contribution >= 4 is 69.4 Å². The fourth-order valence-electron chi connectivity index (χ4n) is 2.71. The second-order valence-corrected chi connectivity index (χ2v) is 8.46. The number of hydrogen-bond acceptors (Lipinski definition) is 4. The SMILES string of the molecule is CC(=NNC(=O)c1ccc(NN=C(C)c2cc(Cl)ccc2Cl)cc1)c1cc(Cl)ccc1Cl. The number of anilines is 1. The summed E-state index contributed by atoms with van der Waals surface area (Å²) in [5, 5.41) is 10.6. The molecule has 0 bridgehead atoms. The third kappa shape index (κ3) is 6.24. The third-order valence-corrected chi connectivity index (χ3v) is 5.59. The van der Waals surface area contributed by atoms with Crippen LogP contribution in [0.15, 0.2) is 70.9 Å². The van der Waals surface area contributed by atoms with Gasteiger partial charge in [0.1, 0.15) is 0 Å². The van der Waals surface area contributed by atoms with E-state index >= 15 is 0 Å². The predicted octanol–water partition coefficient (Wildman–Crippen LogP) is 7.29. The summed E-state index contributed by atoms with van der Waals surface area (Å²) in [5.41, 5.74) is 9.17. The topological polar surface area (TPSA) is 65.8 Å². The smallest absolute Gasteiger partial charge is 0.271 e. The number of hydrazone groups is 2. The van der Waals surface area contributed by atoms with Gasteiger partial charge in [0.05, 0.1) is 17.1 Å². The Morgan fingerprint density at radius 1 is 0.719 bits per heavy atom. The predicted molar refractivity (Wildman–Crippen MR) is 135 cm³/mol. The highest BCUT2D eigenvalue weighted by Gasteiger charge is 2.08. The highest BCUT2D eigenvalue weighted by molar-refractivity contribution is 6.36. The van der Waals surface area contributed by atoms with E-state index in [1.165, 1.54) is 0 Å². The summed E-state index contributed by atoms with van der Waals surface area (Å²) in [6.07, 6.45) is 0. The minimum Gasteiger partial charge on any atom is -0.278 e. The molecule has 2 N–H and O–H groups in total. The van der Waals surface area contributed by atoms with E-state index in [1.54, 1.807) is 67.6 Å². The van der Waals surface area contributed by atoms with Crippen LogP contribution >= 0.6 is 46.4 Å². The van der Waals surface area contributed by atoms with Crippen molar-refractivity contribution in [1.29, 1.82) is 0 Å². The van der Waals surface area contributed by atoms with Gasteiger partial charge in [0.2, 0.25) is 0 Å². The first-order chi connectivity index (χ1) is 15.2. The Kier molecular flexibility index (Phi) is 8.15. The van der Waals surface area contributed by atoms with E-state index in [1.807, 2.05) is 6.92 Å². The molecule has 0 aliphatic rings. The van der Waals surface area contributed by atoms with E-state index in [0.29, 0.717) is 48.3 Å². The van der Waals surface area contributed by atoms with Crippen LogP contribution < -0.4 is 10.9 Å². The number of benzene rings is 3. The lowest BCUT2D eigenvalue weighted by atomic mass is 10.1. The van der Waals surface area contributed by atoms with Crippen molar-refractivity contribution in [3.8, 4) is 0 Å². The van der Waals surface area contributed by atoms with Crippen LogP contribution in [-0.2, 0) is 0 Å². The Morgan fingerprint density at radius 2 is 1.22 bits per heavy atom. The Bertz CT molecular complexity index is 1210. The quantitative estimate of drug-likeness (QED) is 0.271. The number of carbonyl (C=O) groups is 1. The molecular formula is C23H18Cl4N4O. The molecule has 0 heterocycles. The molecule has 0 aliphatic carbocycles. The van der Waals surface area contributed by atoms with Crippen LogP contribution in [0.4, 0.5) is 5.69 Å². The van der Waals surface area contributed by atoms with Crippen LogP contribution in [0.3, 0.4) is 0 Å². The number of amides is 1. The molecule has 0 aliphatic heterocycles. The molecule has 32 heavy (non-hydrogen) atoms. The van der Waals surface area contributed by atoms with E-state index in [4.69, 9.17) is 46.4 Å². The molecule has 0 spiro atoms. The molecular weight excluding hydrogens is 490 g/mol. The lowest BCUT2D eigenvalue weighted by Crippen LogP contribution is -2.19. The highest BCUT2D eigenvalue weighted by Crippen LogP contribution is 2.22. The maximum absolute atomic E-state index is 12.4. The number of hydrogen-bond donors (Lipinski definition) is 2. The summed E-state index contributed by atoms with van der Waals surface area (Å²) in [4.78, 5) is 12.4. The molecule has 0 atom stereocenters. The van der Waals surface area contributed by atoms with Crippen molar-refractivity contribution < 1.29 is 4.79 Å². The Labute approximate surface area is 206 Å². The molecule has 3 aromatic carbocycles. The Morgan fingerprint density at radius 3 is 1.75 bits per heavy atom. The van der Waals surface area contributed by atoms with Crippen molar-refractivity contribution in [2.24, 2.45) is 10.2 Å². The first kappa shape index (κ1) is 24.1. The molecule has 0 radical (unpaired) electrons. The zero-order valence-corrected chi connectivity index (χ0v) is 20.1. The van der Waals surface area contributed by atoms with Gasteiger partial charge in [-0.15, -0.1) is 0 Å². The van der Waals surface area contributed by atoms with Gasteiger partial charge < -0.3 is 0 Å². The molecule has 0 saturated heterocycles. The first-order valence-corrected chi connectivity index (χ1v) is 10.9. The van der Waals surface area contributed by atoms with Crippen molar-refractivity contribution in [1.82, 2.24) is 5.43 Å². The van der Waals surface area contributed by atoms with Crippen LogP contribution in [0.5, 0.6) is 0 Å². The highest BCUT2D eigenvalue weighted by atomic mass is 35.5. The van der Waals surface area contributed by atoms with Gasteiger partial charge in [-0.1, -0.05) is 46.4 Å². The fourth-order valence-corrected chi connectivity index (χ4v) is 3.57. The van der Waals surface area contributed by atoms with Crippen LogP contribution in [-0.4, -0.2) is 17.3 Å². The maximum Gasteiger partial charge on any atom is 0.271 e. The first-order valence-electron chi connectivity index (χ1n) is 9.40. The van der Waals surface area contributed by atoms with E-state index in [9.17, 15) is 4.79 Å². The number of nitrogens with zero attached hydrogens (tertiary/aromatic N) is 2. The molecule has 0 saturated carbocycles. The van der Waals surface area contributed by atoms with E-state index < -0.39 is 0 Å². The Balaban J connectivity index is 1.65. The second-order valence-electron chi connectivity index (χ2n) is 6.77. The lowest BCUT2D eigenvalue weighted by Gasteiger charge is -2.07. The molecule has 0 fully saturated rings. The van der Waals surface area contributed by atoms with E-state index in [0.717, 1.165) is 5.56 Å². The molecule has 0 unspecified atom stereocenters. The van der Waals surface area contributed by atoms with E-state index in [2.05, 4.69) is 21.1 Å². The minimum absolute atomic E-state index is 0.362. The maximum atomic E-state index is 12.4.